The first kappa shape index (κ1) is 15.1. The lowest BCUT2D eigenvalue weighted by molar-refractivity contribution is -0.147. The largest absolute Gasteiger partial charge is 0.465 e. The van der Waals surface area contributed by atoms with Gasteiger partial charge < -0.3 is 4.74 Å². The molecule has 1 aliphatic rings. The molecule has 1 aliphatic carbocycles. The molecule has 0 amide bonds. The molecule has 0 saturated heterocycles. The van der Waals surface area contributed by atoms with Crippen LogP contribution in [-0.2, 0) is 14.3 Å². The van der Waals surface area contributed by atoms with Gasteiger partial charge in [-0.05, 0) is 24.6 Å². The van der Waals surface area contributed by atoms with Crippen LogP contribution in [0.25, 0.3) is 0 Å². The smallest absolute Gasteiger partial charge is 0.315 e. The van der Waals surface area contributed by atoms with Crippen molar-refractivity contribution in [2.75, 3.05) is 6.61 Å². The molecule has 21 heavy (non-hydrogen) atoms. The van der Waals surface area contributed by atoms with E-state index in [4.69, 9.17) is 4.74 Å². The third-order valence-electron chi connectivity index (χ3n) is 3.60. The van der Waals surface area contributed by atoms with E-state index in [9.17, 15) is 14.5 Å². The van der Waals surface area contributed by atoms with Gasteiger partial charge in [0, 0.05) is 18.4 Å². The molecule has 0 aromatic heterocycles. The maximum absolute atomic E-state index is 12.2. The van der Waals surface area contributed by atoms with E-state index in [1.54, 1.807) is 6.92 Å². The van der Waals surface area contributed by atoms with Gasteiger partial charge in [0.2, 0.25) is 0 Å². The van der Waals surface area contributed by atoms with E-state index < -0.39 is 17.8 Å². The van der Waals surface area contributed by atoms with Crippen LogP contribution in [0.15, 0.2) is 41.2 Å². The van der Waals surface area contributed by atoms with Crippen molar-refractivity contribution in [3.8, 4) is 0 Å². The molecule has 0 saturated carbocycles. The summed E-state index contributed by atoms with van der Waals surface area (Å²) in [6.07, 6.45) is 1.32. The number of hydrogen-bond donors (Lipinski definition) is 0. The molecule has 5 heteroatoms. The summed E-state index contributed by atoms with van der Waals surface area (Å²) >= 11 is 0. The van der Waals surface area contributed by atoms with Crippen LogP contribution < -0.4 is 0 Å². The van der Waals surface area contributed by atoms with Gasteiger partial charge in [-0.1, -0.05) is 29.8 Å². The summed E-state index contributed by atoms with van der Waals surface area (Å²) < 4.78 is 5.03. The maximum atomic E-state index is 12.2. The second kappa shape index (κ2) is 6.43. The van der Waals surface area contributed by atoms with Gasteiger partial charge in [-0.15, -0.1) is 4.91 Å². The molecule has 0 aliphatic heterocycles. The van der Waals surface area contributed by atoms with Gasteiger partial charge in [0.05, 0.1) is 6.61 Å². The Morgan fingerprint density at radius 3 is 2.57 bits per heavy atom. The van der Waals surface area contributed by atoms with Crippen LogP contribution in [-0.4, -0.2) is 18.4 Å². The van der Waals surface area contributed by atoms with Gasteiger partial charge in [0.1, 0.15) is 11.6 Å². The second-order valence-electron chi connectivity index (χ2n) is 5.08. The highest BCUT2D eigenvalue weighted by Gasteiger charge is 2.39. The lowest BCUT2D eigenvalue weighted by Crippen LogP contribution is -2.30. The predicted octanol–water partition coefficient (Wildman–Crippen LogP) is 2.88. The number of nitroso groups, excluding NO2 is 1. The summed E-state index contributed by atoms with van der Waals surface area (Å²) in [6.45, 7) is 3.87. The van der Waals surface area contributed by atoms with Crippen LogP contribution >= 0.6 is 0 Å². The molecular formula is C16H17NO4. The molecule has 1 aromatic carbocycles. The Balaban J connectivity index is 2.42. The molecule has 0 radical (unpaired) electrons. The van der Waals surface area contributed by atoms with Crippen molar-refractivity contribution in [3.05, 3.63) is 52.1 Å². The van der Waals surface area contributed by atoms with Gasteiger partial charge in [0.25, 0.3) is 0 Å². The zero-order valence-corrected chi connectivity index (χ0v) is 12.0. The van der Waals surface area contributed by atoms with E-state index in [2.05, 4.69) is 5.18 Å². The van der Waals surface area contributed by atoms with Gasteiger partial charge in [0.15, 0.2) is 5.78 Å². The topological polar surface area (TPSA) is 72.8 Å². The fraction of sp³-hybridized carbons (Fsp3) is 0.375. The van der Waals surface area contributed by atoms with Crippen molar-refractivity contribution in [3.63, 3.8) is 0 Å². The van der Waals surface area contributed by atoms with E-state index in [0.717, 1.165) is 17.2 Å². The summed E-state index contributed by atoms with van der Waals surface area (Å²) in [4.78, 5) is 34.9. The molecule has 0 heterocycles. The Bertz CT molecular complexity index is 589. The van der Waals surface area contributed by atoms with E-state index in [-0.39, 0.29) is 24.5 Å². The molecule has 0 spiro atoms. The van der Waals surface area contributed by atoms with E-state index in [1.165, 1.54) is 0 Å². The molecule has 2 rings (SSSR count). The SMILES string of the molecule is CCOC(=O)C1C(N=O)=CC(=O)CC1c1ccc(C)cc1. The van der Waals surface area contributed by atoms with Gasteiger partial charge in [-0.2, -0.15) is 0 Å². The number of carbonyl (C=O) groups is 2. The summed E-state index contributed by atoms with van der Waals surface area (Å²) in [5.74, 6) is -1.94. The van der Waals surface area contributed by atoms with Gasteiger partial charge in [-0.3, -0.25) is 9.59 Å². The van der Waals surface area contributed by atoms with Crippen LogP contribution in [0.4, 0.5) is 0 Å². The summed E-state index contributed by atoms with van der Waals surface area (Å²) in [7, 11) is 0. The monoisotopic (exact) mass is 287 g/mol. The zero-order valence-electron chi connectivity index (χ0n) is 12.0. The number of nitrogens with zero attached hydrogens (tertiary/aromatic N) is 1. The number of allylic oxidation sites excluding steroid dienone is 1. The van der Waals surface area contributed by atoms with Crippen molar-refractivity contribution in [2.24, 2.45) is 11.1 Å². The number of aryl methyl sites for hydroxylation is 1. The molecule has 0 bridgehead atoms. The molecule has 5 nitrogen and oxygen atoms in total. The average Bonchev–Trinajstić information content (AvgIpc) is 2.47. The Hall–Kier alpha value is -2.30. The highest BCUT2D eigenvalue weighted by atomic mass is 16.5. The summed E-state index contributed by atoms with van der Waals surface area (Å²) in [5, 5.41) is 2.87. The van der Waals surface area contributed by atoms with Crippen LogP contribution in [0.2, 0.25) is 0 Å². The highest BCUT2D eigenvalue weighted by Crippen LogP contribution is 2.38. The Labute approximate surface area is 123 Å². The van der Waals surface area contributed by atoms with Crippen molar-refractivity contribution in [1.82, 2.24) is 0 Å². The highest BCUT2D eigenvalue weighted by molar-refractivity contribution is 5.95. The number of esters is 1. The van der Waals surface area contributed by atoms with Crippen LogP contribution in [0.1, 0.15) is 30.4 Å². The van der Waals surface area contributed by atoms with Crippen molar-refractivity contribution < 1.29 is 14.3 Å². The van der Waals surface area contributed by atoms with Crippen LogP contribution in [0.5, 0.6) is 0 Å². The molecule has 2 unspecified atom stereocenters. The summed E-state index contributed by atoms with van der Waals surface area (Å²) in [6, 6.07) is 7.56. The third kappa shape index (κ3) is 3.24. The molecule has 0 fully saturated rings. The third-order valence-corrected chi connectivity index (χ3v) is 3.60. The van der Waals surface area contributed by atoms with Gasteiger partial charge >= 0.3 is 5.97 Å². The Kier molecular flexibility index (Phi) is 4.62. The number of ether oxygens (including phenoxy) is 1. The van der Waals surface area contributed by atoms with E-state index in [1.807, 2.05) is 31.2 Å². The molecule has 2 atom stereocenters. The standard InChI is InChI=1S/C16H17NO4/c1-3-21-16(19)15-13(8-12(18)9-14(15)17-20)11-6-4-10(2)5-7-11/h4-7,9,13,15H,3,8H2,1-2H3. The first-order chi connectivity index (χ1) is 10.1. The van der Waals surface area contributed by atoms with Crippen LogP contribution in [0.3, 0.4) is 0 Å². The minimum absolute atomic E-state index is 0.0460. The normalized spacial score (nSPS) is 21.6. The lowest BCUT2D eigenvalue weighted by Gasteiger charge is -2.27. The number of benzene rings is 1. The minimum Gasteiger partial charge on any atom is -0.465 e. The number of rotatable bonds is 4. The molecular weight excluding hydrogens is 270 g/mol. The zero-order chi connectivity index (χ0) is 15.4. The van der Waals surface area contributed by atoms with E-state index in [0.29, 0.717) is 0 Å². The first-order valence-electron chi connectivity index (χ1n) is 6.87. The molecule has 0 N–H and O–H groups in total. The summed E-state index contributed by atoms with van der Waals surface area (Å²) in [5.41, 5.74) is 1.87. The fourth-order valence-corrected chi connectivity index (χ4v) is 2.58. The first-order valence-corrected chi connectivity index (χ1v) is 6.87. The quantitative estimate of drug-likeness (QED) is 0.630. The van der Waals surface area contributed by atoms with E-state index >= 15 is 0 Å². The Morgan fingerprint density at radius 1 is 1.33 bits per heavy atom. The van der Waals surface area contributed by atoms with Crippen molar-refractivity contribution in [2.45, 2.75) is 26.2 Å². The van der Waals surface area contributed by atoms with Gasteiger partial charge in [-0.25, -0.2) is 0 Å². The average molecular weight is 287 g/mol. The number of ketones is 1. The fourth-order valence-electron chi connectivity index (χ4n) is 2.58. The predicted molar refractivity (Wildman–Crippen MR) is 77.5 cm³/mol. The number of carbonyl (C=O) groups excluding carboxylic acids is 2. The number of hydrogen-bond acceptors (Lipinski definition) is 5. The van der Waals surface area contributed by atoms with Crippen molar-refractivity contribution in [1.29, 1.82) is 0 Å². The molecule has 110 valence electrons. The Morgan fingerprint density at radius 2 is 2.00 bits per heavy atom. The molecule has 1 aromatic rings. The minimum atomic E-state index is -0.817. The van der Waals surface area contributed by atoms with Crippen molar-refractivity contribution >= 4 is 11.8 Å². The maximum Gasteiger partial charge on any atom is 0.315 e. The lowest BCUT2D eigenvalue weighted by atomic mass is 9.77. The van der Waals surface area contributed by atoms with Crippen LogP contribution in [0, 0.1) is 17.7 Å². The second-order valence-corrected chi connectivity index (χ2v) is 5.08.